The number of hydrogen-bond donors (Lipinski definition) is 2. The van der Waals surface area contributed by atoms with Crippen LogP contribution in [0.5, 0.6) is 0 Å². The van der Waals surface area contributed by atoms with Crippen LogP contribution >= 0.6 is 24.0 Å². The molecule has 106 valence electrons. The Kier molecular flexibility index (Phi) is 5.79. The maximum atomic E-state index is 12.1. The fourth-order valence-corrected chi connectivity index (χ4v) is 3.27. The molecule has 1 unspecified atom stereocenters. The summed E-state index contributed by atoms with van der Waals surface area (Å²) in [6, 6.07) is 4.75. The molecule has 0 radical (unpaired) electrons. The van der Waals surface area contributed by atoms with Crippen molar-refractivity contribution in [3.05, 3.63) is 29.3 Å². The molecule has 0 aliphatic carbocycles. The van der Waals surface area contributed by atoms with Crippen molar-refractivity contribution in [3.63, 3.8) is 0 Å². The van der Waals surface area contributed by atoms with Crippen LogP contribution < -0.4 is 10.5 Å². The van der Waals surface area contributed by atoms with E-state index in [2.05, 4.69) is 4.72 Å². The molecule has 0 aromatic heterocycles. The van der Waals surface area contributed by atoms with Gasteiger partial charge in [0.15, 0.2) is 0 Å². The fourth-order valence-electron chi connectivity index (χ4n) is 1.47. The number of hydrogen-bond acceptors (Lipinski definition) is 4. The third-order valence-corrected chi connectivity index (χ3v) is 5.35. The molecule has 1 aromatic rings. The number of rotatable bonds is 6. The van der Waals surface area contributed by atoms with E-state index < -0.39 is 10.0 Å². The highest BCUT2D eigenvalue weighted by atomic mass is 32.2. The van der Waals surface area contributed by atoms with Gasteiger partial charge in [-0.15, -0.1) is 0 Å². The Bertz CT molecular complexity index is 570. The molecule has 19 heavy (non-hydrogen) atoms. The number of sulfonamides is 1. The van der Waals surface area contributed by atoms with Gasteiger partial charge in [-0.05, 0) is 30.9 Å². The zero-order valence-electron chi connectivity index (χ0n) is 11.1. The molecule has 0 bridgehead atoms. The number of thiocarbonyl (C=S) groups is 1. The molecule has 0 heterocycles. The third-order valence-electron chi connectivity index (χ3n) is 2.74. The van der Waals surface area contributed by atoms with Crippen LogP contribution in [0.4, 0.5) is 0 Å². The lowest BCUT2D eigenvalue weighted by molar-refractivity contribution is 0.581. The van der Waals surface area contributed by atoms with Crippen molar-refractivity contribution in [1.29, 1.82) is 0 Å². The largest absolute Gasteiger partial charge is 0.389 e. The van der Waals surface area contributed by atoms with Gasteiger partial charge in [-0.25, -0.2) is 13.1 Å². The summed E-state index contributed by atoms with van der Waals surface area (Å²) in [7, 11) is -3.48. The average molecular weight is 318 g/mol. The molecule has 0 saturated carbocycles. The maximum absolute atomic E-state index is 12.1. The van der Waals surface area contributed by atoms with Gasteiger partial charge in [-0.1, -0.05) is 25.2 Å². The first-order valence-electron chi connectivity index (χ1n) is 5.71. The van der Waals surface area contributed by atoms with Gasteiger partial charge in [0, 0.05) is 17.4 Å². The quantitative estimate of drug-likeness (QED) is 0.781. The van der Waals surface area contributed by atoms with E-state index >= 15 is 0 Å². The number of thioether (sulfide) groups is 1. The molecule has 7 heteroatoms. The first-order valence-corrected chi connectivity index (χ1v) is 8.88. The van der Waals surface area contributed by atoms with Crippen molar-refractivity contribution in [1.82, 2.24) is 4.72 Å². The molecule has 0 aliphatic rings. The first-order chi connectivity index (χ1) is 8.77. The van der Waals surface area contributed by atoms with Crippen LogP contribution in [0.2, 0.25) is 0 Å². The van der Waals surface area contributed by atoms with E-state index in [0.717, 1.165) is 5.56 Å². The van der Waals surface area contributed by atoms with Crippen molar-refractivity contribution in [2.24, 2.45) is 5.73 Å². The molecule has 4 nitrogen and oxygen atoms in total. The van der Waals surface area contributed by atoms with E-state index in [9.17, 15) is 8.42 Å². The van der Waals surface area contributed by atoms with Crippen LogP contribution in [-0.2, 0) is 10.0 Å². The van der Waals surface area contributed by atoms with Gasteiger partial charge in [-0.3, -0.25) is 0 Å². The Hall–Kier alpha value is -0.630. The van der Waals surface area contributed by atoms with Crippen LogP contribution in [0.25, 0.3) is 0 Å². The summed E-state index contributed by atoms with van der Waals surface area (Å²) in [5.74, 6) is 0. The summed E-state index contributed by atoms with van der Waals surface area (Å²) in [6.45, 7) is 4.16. The minimum atomic E-state index is -3.48. The second-order valence-electron chi connectivity index (χ2n) is 4.24. The van der Waals surface area contributed by atoms with Gasteiger partial charge in [0.25, 0.3) is 0 Å². The molecular weight excluding hydrogens is 300 g/mol. The third kappa shape index (κ3) is 4.45. The van der Waals surface area contributed by atoms with Crippen molar-refractivity contribution in [3.8, 4) is 0 Å². The first kappa shape index (κ1) is 16.4. The van der Waals surface area contributed by atoms with Crippen LogP contribution in [0.15, 0.2) is 23.1 Å². The maximum Gasteiger partial charge on any atom is 0.240 e. The zero-order chi connectivity index (χ0) is 14.6. The molecule has 0 fully saturated rings. The van der Waals surface area contributed by atoms with Crippen LogP contribution in [0, 0.1) is 6.92 Å². The monoisotopic (exact) mass is 318 g/mol. The van der Waals surface area contributed by atoms with Gasteiger partial charge in [-0.2, -0.15) is 11.8 Å². The smallest absolute Gasteiger partial charge is 0.240 e. The molecule has 0 aliphatic heterocycles. The summed E-state index contributed by atoms with van der Waals surface area (Å²) in [4.78, 5) is 0.503. The standard InChI is InChI=1S/C12H18N2O2S3/c1-8-6-10(4-5-11(8)12(13)17)19(15,16)14-7-9(2)18-3/h4-6,9,14H,7H2,1-3H3,(H2,13,17). The van der Waals surface area contributed by atoms with Crippen molar-refractivity contribution < 1.29 is 8.42 Å². The van der Waals surface area contributed by atoms with E-state index in [-0.39, 0.29) is 15.1 Å². The topological polar surface area (TPSA) is 72.2 Å². The van der Waals surface area contributed by atoms with Crippen LogP contribution in [0.1, 0.15) is 18.1 Å². The highest BCUT2D eigenvalue weighted by Gasteiger charge is 2.16. The Morgan fingerprint density at radius 3 is 2.63 bits per heavy atom. The fraction of sp³-hybridized carbons (Fsp3) is 0.417. The summed E-state index contributed by atoms with van der Waals surface area (Å²) < 4.78 is 26.8. The second kappa shape index (κ2) is 6.69. The number of nitrogens with two attached hydrogens (primary N) is 1. The van der Waals surface area contributed by atoms with Crippen molar-refractivity contribution in [2.75, 3.05) is 12.8 Å². The van der Waals surface area contributed by atoms with E-state index in [1.165, 1.54) is 6.07 Å². The Balaban J connectivity index is 2.96. The van der Waals surface area contributed by atoms with Crippen molar-refractivity contribution >= 4 is 39.0 Å². The average Bonchev–Trinajstić information content (AvgIpc) is 2.35. The number of nitrogens with one attached hydrogen (secondary N) is 1. The van der Waals surface area contributed by atoms with Crippen LogP contribution in [0.3, 0.4) is 0 Å². The lowest BCUT2D eigenvalue weighted by Gasteiger charge is -2.12. The summed E-state index contributed by atoms with van der Waals surface area (Å²) in [6.07, 6.45) is 1.94. The normalized spacial score (nSPS) is 13.2. The molecule has 1 atom stereocenters. The predicted molar refractivity (Wildman–Crippen MR) is 85.2 cm³/mol. The molecular formula is C12H18N2O2S3. The lowest BCUT2D eigenvalue weighted by atomic mass is 10.1. The SMILES string of the molecule is CSC(C)CNS(=O)(=O)c1ccc(C(N)=S)c(C)c1. The Morgan fingerprint density at radius 1 is 1.53 bits per heavy atom. The number of benzene rings is 1. The van der Waals surface area contributed by atoms with Gasteiger partial charge in [0.05, 0.1) is 4.90 Å². The van der Waals surface area contributed by atoms with Gasteiger partial charge in [0.2, 0.25) is 10.0 Å². The molecule has 0 saturated heterocycles. The van der Waals surface area contributed by atoms with Gasteiger partial charge in [0.1, 0.15) is 4.99 Å². The van der Waals surface area contributed by atoms with E-state index in [4.69, 9.17) is 18.0 Å². The predicted octanol–water partition coefficient (Wildman–Crippen LogP) is 1.66. The van der Waals surface area contributed by atoms with Gasteiger partial charge >= 0.3 is 0 Å². The van der Waals surface area contributed by atoms with Crippen molar-refractivity contribution in [2.45, 2.75) is 24.0 Å². The Labute approximate surface area is 124 Å². The Morgan fingerprint density at radius 2 is 2.16 bits per heavy atom. The molecule has 0 spiro atoms. The molecule has 1 aromatic carbocycles. The minimum absolute atomic E-state index is 0.228. The summed E-state index contributed by atoms with van der Waals surface area (Å²) in [5.41, 5.74) is 7.01. The second-order valence-corrected chi connectivity index (χ2v) is 7.72. The minimum Gasteiger partial charge on any atom is -0.389 e. The molecule has 3 N–H and O–H groups in total. The summed E-state index contributed by atoms with van der Waals surface area (Å²) >= 11 is 6.51. The van der Waals surface area contributed by atoms with Crippen LogP contribution in [-0.4, -0.2) is 31.5 Å². The van der Waals surface area contributed by atoms with E-state index in [0.29, 0.717) is 12.1 Å². The molecule has 0 amide bonds. The highest BCUT2D eigenvalue weighted by Crippen LogP contribution is 2.16. The van der Waals surface area contributed by atoms with E-state index in [1.807, 2.05) is 13.2 Å². The summed E-state index contributed by atoms with van der Waals surface area (Å²) in [5, 5.41) is 0.228. The zero-order valence-corrected chi connectivity index (χ0v) is 13.6. The number of aryl methyl sites for hydroxylation is 1. The van der Waals surface area contributed by atoms with Gasteiger partial charge < -0.3 is 5.73 Å². The lowest BCUT2D eigenvalue weighted by Crippen LogP contribution is -2.29. The molecule has 1 rings (SSSR count). The van der Waals surface area contributed by atoms with E-state index in [1.54, 1.807) is 30.8 Å². The highest BCUT2D eigenvalue weighted by molar-refractivity contribution is 7.99.